The predicted molar refractivity (Wildman–Crippen MR) is 125 cm³/mol. The standard InChI is InChI=1S/C20H25ClN2O3S.C2HF3O2/c1-4-23(5-2)16-10-11-18(15(3)14-16)22-20(24)12-13-27(25,26)19-9-7-6-8-17(19)21;3-2(4,5)1(6)7/h6-11,14H,4-5,12-13H2,1-3H3,(H,22,24);(H,6,7). The molecular formula is C22H26ClF3N2O5S. The van der Waals surface area contributed by atoms with Gasteiger partial charge in [0.05, 0.1) is 15.7 Å². The first-order valence-corrected chi connectivity index (χ1v) is 12.2. The van der Waals surface area contributed by atoms with E-state index in [4.69, 9.17) is 21.5 Å². The number of carbonyl (C=O) groups is 2. The van der Waals surface area contributed by atoms with E-state index >= 15 is 0 Å². The van der Waals surface area contributed by atoms with Gasteiger partial charge in [-0.05, 0) is 56.7 Å². The lowest BCUT2D eigenvalue weighted by Crippen LogP contribution is -2.22. The summed E-state index contributed by atoms with van der Waals surface area (Å²) in [6, 6.07) is 12.1. The average molecular weight is 523 g/mol. The molecule has 2 aromatic rings. The quantitative estimate of drug-likeness (QED) is 0.509. The Balaban J connectivity index is 0.000000718. The predicted octanol–water partition coefficient (Wildman–Crippen LogP) is 4.93. The maximum absolute atomic E-state index is 12.4. The Kier molecular flexibility index (Phi) is 10.8. The number of hydrogen-bond donors (Lipinski definition) is 2. The van der Waals surface area contributed by atoms with Crippen LogP contribution in [0.15, 0.2) is 47.4 Å². The molecule has 0 saturated carbocycles. The molecule has 188 valence electrons. The Bertz CT molecular complexity index is 1100. The fraction of sp³-hybridized carbons (Fsp3) is 0.364. The number of nitrogens with zero attached hydrogens (tertiary/aromatic N) is 1. The summed E-state index contributed by atoms with van der Waals surface area (Å²) < 4.78 is 56.5. The number of amides is 1. The lowest BCUT2D eigenvalue weighted by Gasteiger charge is -2.22. The number of rotatable bonds is 8. The molecule has 0 fully saturated rings. The third-order valence-corrected chi connectivity index (χ3v) is 6.83. The van der Waals surface area contributed by atoms with E-state index in [1.54, 1.807) is 12.1 Å². The number of carboxylic acid groups (broad SMARTS) is 1. The van der Waals surface area contributed by atoms with Gasteiger partial charge in [0, 0.05) is 30.9 Å². The number of aliphatic carboxylic acids is 1. The summed E-state index contributed by atoms with van der Waals surface area (Å²) in [5.41, 5.74) is 2.71. The third kappa shape index (κ3) is 8.86. The third-order valence-electron chi connectivity index (χ3n) is 4.62. The van der Waals surface area contributed by atoms with Crippen molar-refractivity contribution in [2.45, 2.75) is 38.3 Å². The van der Waals surface area contributed by atoms with Gasteiger partial charge in [-0.1, -0.05) is 23.7 Å². The van der Waals surface area contributed by atoms with Gasteiger partial charge >= 0.3 is 12.1 Å². The minimum absolute atomic E-state index is 0.0548. The molecule has 0 aliphatic carbocycles. The minimum atomic E-state index is -5.08. The molecule has 0 saturated heterocycles. The summed E-state index contributed by atoms with van der Waals surface area (Å²) >= 11 is 5.96. The van der Waals surface area contributed by atoms with Gasteiger partial charge in [0.25, 0.3) is 0 Å². The van der Waals surface area contributed by atoms with Crippen LogP contribution in [0.2, 0.25) is 5.02 Å². The normalized spacial score (nSPS) is 11.3. The van der Waals surface area contributed by atoms with Gasteiger partial charge < -0.3 is 15.3 Å². The lowest BCUT2D eigenvalue weighted by molar-refractivity contribution is -0.192. The molecule has 0 radical (unpaired) electrons. The molecule has 1 amide bonds. The maximum Gasteiger partial charge on any atom is 0.490 e. The average Bonchev–Trinajstić information content (AvgIpc) is 2.75. The van der Waals surface area contributed by atoms with Crippen molar-refractivity contribution in [2.75, 3.05) is 29.1 Å². The molecule has 2 rings (SSSR count). The Labute approximate surface area is 201 Å². The molecule has 0 aromatic heterocycles. The van der Waals surface area contributed by atoms with E-state index in [2.05, 4.69) is 24.1 Å². The first-order valence-electron chi connectivity index (χ1n) is 10.2. The Hall–Kier alpha value is -2.79. The van der Waals surface area contributed by atoms with E-state index in [9.17, 15) is 26.4 Å². The zero-order valence-corrected chi connectivity index (χ0v) is 20.4. The van der Waals surface area contributed by atoms with Crippen molar-refractivity contribution < 1.29 is 36.3 Å². The number of hydrogen-bond acceptors (Lipinski definition) is 5. The molecule has 7 nitrogen and oxygen atoms in total. The second kappa shape index (κ2) is 12.6. The van der Waals surface area contributed by atoms with Crippen molar-refractivity contribution >= 4 is 44.7 Å². The fourth-order valence-corrected chi connectivity index (χ4v) is 4.63. The number of carbonyl (C=O) groups excluding carboxylic acids is 1. The van der Waals surface area contributed by atoms with Crippen LogP contribution in [-0.4, -0.2) is 50.4 Å². The van der Waals surface area contributed by atoms with Gasteiger partial charge in [0.2, 0.25) is 5.91 Å². The SMILES string of the molecule is CCN(CC)c1ccc(NC(=O)CCS(=O)(=O)c2ccccc2Cl)c(C)c1.O=C(O)C(F)(F)F. The van der Waals surface area contributed by atoms with E-state index < -0.39 is 22.0 Å². The van der Waals surface area contributed by atoms with Crippen LogP contribution in [0, 0.1) is 6.92 Å². The van der Waals surface area contributed by atoms with Crippen LogP contribution >= 0.6 is 11.6 Å². The smallest absolute Gasteiger partial charge is 0.475 e. The number of alkyl halides is 3. The van der Waals surface area contributed by atoms with Gasteiger partial charge in [-0.15, -0.1) is 0 Å². The summed E-state index contributed by atoms with van der Waals surface area (Å²) in [6.45, 7) is 7.91. The summed E-state index contributed by atoms with van der Waals surface area (Å²) in [7, 11) is -3.61. The molecule has 0 aliphatic rings. The van der Waals surface area contributed by atoms with Crippen molar-refractivity contribution in [3.63, 3.8) is 0 Å². The van der Waals surface area contributed by atoms with Crippen LogP contribution < -0.4 is 10.2 Å². The van der Waals surface area contributed by atoms with Crippen molar-refractivity contribution in [1.29, 1.82) is 0 Å². The fourth-order valence-electron chi connectivity index (χ4n) is 2.82. The van der Waals surface area contributed by atoms with E-state index in [0.717, 1.165) is 24.3 Å². The highest BCUT2D eigenvalue weighted by Crippen LogP contribution is 2.24. The minimum Gasteiger partial charge on any atom is -0.475 e. The number of nitrogens with one attached hydrogen (secondary N) is 1. The first kappa shape index (κ1) is 29.2. The van der Waals surface area contributed by atoms with E-state index in [0.29, 0.717) is 5.69 Å². The van der Waals surface area contributed by atoms with Gasteiger partial charge in [0.1, 0.15) is 0 Å². The van der Waals surface area contributed by atoms with Crippen LogP contribution in [0.1, 0.15) is 25.8 Å². The van der Waals surface area contributed by atoms with Crippen LogP contribution in [-0.2, 0) is 19.4 Å². The molecule has 0 heterocycles. The van der Waals surface area contributed by atoms with Gasteiger partial charge in [-0.2, -0.15) is 13.2 Å². The molecule has 0 atom stereocenters. The van der Waals surface area contributed by atoms with Crippen molar-refractivity contribution in [3.05, 3.63) is 53.1 Å². The second-order valence-corrected chi connectivity index (χ2v) is 9.51. The monoisotopic (exact) mass is 522 g/mol. The number of sulfone groups is 1. The van der Waals surface area contributed by atoms with Crippen molar-refractivity contribution in [1.82, 2.24) is 0 Å². The summed E-state index contributed by atoms with van der Waals surface area (Å²) in [5.74, 6) is -3.39. The summed E-state index contributed by atoms with van der Waals surface area (Å²) in [5, 5.41) is 10.1. The number of carboxylic acids is 1. The molecule has 0 bridgehead atoms. The molecule has 0 unspecified atom stereocenters. The highest BCUT2D eigenvalue weighted by Gasteiger charge is 2.38. The van der Waals surface area contributed by atoms with E-state index in [1.807, 2.05) is 25.1 Å². The summed E-state index contributed by atoms with van der Waals surface area (Å²) in [4.78, 5) is 23.4. The van der Waals surface area contributed by atoms with E-state index in [-0.39, 0.29) is 28.0 Å². The second-order valence-electron chi connectivity index (χ2n) is 7.02. The topological polar surface area (TPSA) is 104 Å². The van der Waals surface area contributed by atoms with Crippen LogP contribution in [0.5, 0.6) is 0 Å². The Morgan fingerprint density at radius 2 is 1.65 bits per heavy atom. The van der Waals surface area contributed by atoms with Crippen LogP contribution in [0.3, 0.4) is 0 Å². The highest BCUT2D eigenvalue weighted by molar-refractivity contribution is 7.91. The molecule has 12 heteroatoms. The number of halogens is 4. The van der Waals surface area contributed by atoms with Crippen LogP contribution in [0.25, 0.3) is 0 Å². The van der Waals surface area contributed by atoms with Crippen LogP contribution in [0.4, 0.5) is 24.5 Å². The van der Waals surface area contributed by atoms with Crippen molar-refractivity contribution in [3.8, 4) is 0 Å². The zero-order chi connectivity index (χ0) is 26.1. The molecule has 2 aromatic carbocycles. The number of aryl methyl sites for hydroxylation is 1. The Morgan fingerprint density at radius 1 is 1.09 bits per heavy atom. The largest absolute Gasteiger partial charge is 0.490 e. The van der Waals surface area contributed by atoms with E-state index in [1.165, 1.54) is 12.1 Å². The number of anilines is 2. The van der Waals surface area contributed by atoms with Gasteiger partial charge in [0.15, 0.2) is 9.84 Å². The molecule has 2 N–H and O–H groups in total. The highest BCUT2D eigenvalue weighted by atomic mass is 35.5. The first-order chi connectivity index (χ1) is 15.7. The van der Waals surface area contributed by atoms with Gasteiger partial charge in [-0.25, -0.2) is 13.2 Å². The molecule has 34 heavy (non-hydrogen) atoms. The van der Waals surface area contributed by atoms with Gasteiger partial charge in [-0.3, -0.25) is 4.79 Å². The lowest BCUT2D eigenvalue weighted by atomic mass is 10.1. The Morgan fingerprint density at radius 3 is 2.12 bits per heavy atom. The molecule has 0 spiro atoms. The summed E-state index contributed by atoms with van der Waals surface area (Å²) in [6.07, 6.45) is -5.22. The molecular weight excluding hydrogens is 497 g/mol. The van der Waals surface area contributed by atoms with Crippen molar-refractivity contribution in [2.24, 2.45) is 0 Å². The maximum atomic E-state index is 12.4. The number of benzene rings is 2. The zero-order valence-electron chi connectivity index (χ0n) is 18.8. The molecule has 0 aliphatic heterocycles.